The molecule has 0 spiro atoms. The van der Waals surface area contributed by atoms with Gasteiger partial charge in [0.25, 0.3) is 0 Å². The highest BCUT2D eigenvalue weighted by Crippen LogP contribution is 2.27. The number of rotatable bonds is 2. The van der Waals surface area contributed by atoms with Gasteiger partial charge < -0.3 is 5.11 Å². The summed E-state index contributed by atoms with van der Waals surface area (Å²) in [5, 5.41) is 13.9. The minimum Gasteiger partial charge on any atom is -0.504 e. The van der Waals surface area contributed by atoms with Crippen LogP contribution in [0.5, 0.6) is 5.75 Å². The van der Waals surface area contributed by atoms with Crippen molar-refractivity contribution in [3.05, 3.63) is 42.2 Å². The van der Waals surface area contributed by atoms with E-state index in [0.717, 1.165) is 11.4 Å². The van der Waals surface area contributed by atoms with E-state index in [-0.39, 0.29) is 11.7 Å². The quantitative estimate of drug-likeness (QED) is 0.813. The molecule has 1 heterocycles. The van der Waals surface area contributed by atoms with Crippen LogP contribution in [0.15, 0.2) is 36.5 Å². The van der Waals surface area contributed by atoms with Gasteiger partial charge in [-0.3, -0.25) is 0 Å². The second-order valence-corrected chi connectivity index (χ2v) is 3.82. The van der Waals surface area contributed by atoms with Gasteiger partial charge in [-0.15, -0.1) is 0 Å². The Labute approximate surface area is 89.0 Å². The first-order valence-electron chi connectivity index (χ1n) is 5.02. The van der Waals surface area contributed by atoms with E-state index in [4.69, 9.17) is 0 Å². The van der Waals surface area contributed by atoms with Crippen LogP contribution in [-0.2, 0) is 0 Å². The van der Waals surface area contributed by atoms with Gasteiger partial charge >= 0.3 is 0 Å². The molecule has 2 rings (SSSR count). The van der Waals surface area contributed by atoms with Gasteiger partial charge in [-0.25, -0.2) is 4.68 Å². The largest absolute Gasteiger partial charge is 0.504 e. The van der Waals surface area contributed by atoms with Gasteiger partial charge in [0, 0.05) is 0 Å². The smallest absolute Gasteiger partial charge is 0.157 e. The summed E-state index contributed by atoms with van der Waals surface area (Å²) < 4.78 is 1.78. The van der Waals surface area contributed by atoms with Gasteiger partial charge in [0.05, 0.1) is 17.6 Å². The van der Waals surface area contributed by atoms with E-state index >= 15 is 0 Å². The van der Waals surface area contributed by atoms with E-state index in [9.17, 15) is 5.11 Å². The van der Waals surface area contributed by atoms with E-state index in [2.05, 4.69) is 5.10 Å². The fraction of sp³-hybridized carbons (Fsp3) is 0.250. The fourth-order valence-electron chi connectivity index (χ4n) is 1.66. The zero-order valence-corrected chi connectivity index (χ0v) is 8.88. The molecule has 3 nitrogen and oxygen atoms in total. The zero-order valence-electron chi connectivity index (χ0n) is 8.88. The molecule has 0 amide bonds. The number of aromatic nitrogens is 2. The number of para-hydroxylation sites is 1. The van der Waals surface area contributed by atoms with Crippen molar-refractivity contribution in [2.24, 2.45) is 0 Å². The van der Waals surface area contributed by atoms with Crippen molar-refractivity contribution >= 4 is 0 Å². The van der Waals surface area contributed by atoms with E-state index in [0.29, 0.717) is 0 Å². The molecule has 0 aliphatic rings. The summed E-state index contributed by atoms with van der Waals surface area (Å²) in [7, 11) is 0. The molecule has 0 bridgehead atoms. The van der Waals surface area contributed by atoms with Gasteiger partial charge in [-0.1, -0.05) is 32.0 Å². The molecule has 0 saturated carbocycles. The van der Waals surface area contributed by atoms with Crippen LogP contribution in [0.1, 0.15) is 25.5 Å². The molecular weight excluding hydrogens is 188 g/mol. The highest BCUT2D eigenvalue weighted by atomic mass is 16.3. The van der Waals surface area contributed by atoms with Crippen LogP contribution in [-0.4, -0.2) is 14.9 Å². The lowest BCUT2D eigenvalue weighted by Crippen LogP contribution is -2.03. The lowest BCUT2D eigenvalue weighted by Gasteiger charge is -2.10. The maximum absolute atomic E-state index is 9.68. The van der Waals surface area contributed by atoms with Crippen LogP contribution < -0.4 is 0 Å². The Morgan fingerprint density at radius 1 is 1.20 bits per heavy atom. The summed E-state index contributed by atoms with van der Waals surface area (Å²) in [5.74, 6) is 0.501. The molecule has 0 aliphatic carbocycles. The molecule has 3 heteroatoms. The lowest BCUT2D eigenvalue weighted by atomic mass is 10.1. The summed E-state index contributed by atoms with van der Waals surface area (Å²) in [5.41, 5.74) is 1.82. The Morgan fingerprint density at radius 2 is 1.87 bits per heavy atom. The van der Waals surface area contributed by atoms with E-state index in [1.54, 1.807) is 4.68 Å². The molecule has 1 aromatic heterocycles. The molecule has 0 saturated heterocycles. The summed E-state index contributed by atoms with van der Waals surface area (Å²) in [4.78, 5) is 0. The van der Waals surface area contributed by atoms with Crippen LogP contribution in [0.2, 0.25) is 0 Å². The Bertz CT molecular complexity index is 446. The topological polar surface area (TPSA) is 38.1 Å². The van der Waals surface area contributed by atoms with Gasteiger partial charge in [0.2, 0.25) is 0 Å². The number of nitrogens with zero attached hydrogens (tertiary/aromatic N) is 2. The van der Waals surface area contributed by atoms with Gasteiger partial charge in [0.15, 0.2) is 5.75 Å². The van der Waals surface area contributed by atoms with Crippen molar-refractivity contribution in [1.82, 2.24) is 9.78 Å². The van der Waals surface area contributed by atoms with E-state index in [1.165, 1.54) is 6.20 Å². The van der Waals surface area contributed by atoms with E-state index in [1.807, 2.05) is 44.2 Å². The molecule has 0 atom stereocenters. The average Bonchev–Trinajstić information content (AvgIpc) is 2.61. The second-order valence-electron chi connectivity index (χ2n) is 3.82. The van der Waals surface area contributed by atoms with Crippen LogP contribution in [0, 0.1) is 0 Å². The van der Waals surface area contributed by atoms with Crippen molar-refractivity contribution in [3.8, 4) is 11.4 Å². The third-order valence-corrected chi connectivity index (χ3v) is 2.33. The first-order valence-corrected chi connectivity index (χ1v) is 5.02. The summed E-state index contributed by atoms with van der Waals surface area (Å²) in [6, 6.07) is 9.81. The SMILES string of the molecule is CC(C)c1c(O)cnn1-c1ccccc1. The second kappa shape index (κ2) is 3.77. The number of benzene rings is 1. The van der Waals surface area contributed by atoms with Crippen LogP contribution >= 0.6 is 0 Å². The monoisotopic (exact) mass is 202 g/mol. The standard InChI is InChI=1S/C12H14N2O/c1-9(2)12-11(15)8-13-14(12)10-6-4-3-5-7-10/h3-9,15H,1-2H3. The summed E-state index contributed by atoms with van der Waals surface area (Å²) in [6.45, 7) is 4.08. The van der Waals surface area contributed by atoms with Crippen LogP contribution in [0.4, 0.5) is 0 Å². The van der Waals surface area contributed by atoms with Gasteiger partial charge in [-0.05, 0) is 18.1 Å². The fourth-order valence-corrected chi connectivity index (χ4v) is 1.66. The third-order valence-electron chi connectivity index (χ3n) is 2.33. The maximum atomic E-state index is 9.68. The number of aromatic hydroxyl groups is 1. The highest BCUT2D eigenvalue weighted by molar-refractivity contribution is 5.38. The van der Waals surface area contributed by atoms with Crippen LogP contribution in [0.3, 0.4) is 0 Å². The Hall–Kier alpha value is -1.77. The van der Waals surface area contributed by atoms with Crippen molar-refractivity contribution in [2.45, 2.75) is 19.8 Å². The first kappa shape index (κ1) is 9.77. The van der Waals surface area contributed by atoms with Crippen molar-refractivity contribution < 1.29 is 5.11 Å². The summed E-state index contributed by atoms with van der Waals surface area (Å²) >= 11 is 0. The zero-order chi connectivity index (χ0) is 10.8. The van der Waals surface area contributed by atoms with E-state index < -0.39 is 0 Å². The van der Waals surface area contributed by atoms with Crippen molar-refractivity contribution in [3.63, 3.8) is 0 Å². The lowest BCUT2D eigenvalue weighted by molar-refractivity contribution is 0.463. The Balaban J connectivity index is 2.54. The first-order chi connectivity index (χ1) is 7.20. The normalized spacial score (nSPS) is 10.9. The molecule has 78 valence electrons. The third kappa shape index (κ3) is 1.73. The molecule has 0 fully saturated rings. The van der Waals surface area contributed by atoms with Crippen molar-refractivity contribution in [1.29, 1.82) is 0 Å². The average molecular weight is 202 g/mol. The molecule has 1 aromatic carbocycles. The number of hydrogen-bond acceptors (Lipinski definition) is 2. The molecule has 1 N–H and O–H groups in total. The van der Waals surface area contributed by atoms with Gasteiger partial charge in [-0.2, -0.15) is 5.10 Å². The minimum absolute atomic E-state index is 0.243. The predicted molar refractivity (Wildman–Crippen MR) is 59.3 cm³/mol. The maximum Gasteiger partial charge on any atom is 0.157 e. The Kier molecular flexibility index (Phi) is 2.46. The minimum atomic E-state index is 0.243. The molecule has 0 radical (unpaired) electrons. The Morgan fingerprint density at radius 3 is 2.47 bits per heavy atom. The van der Waals surface area contributed by atoms with Gasteiger partial charge in [0.1, 0.15) is 0 Å². The molecular formula is C12H14N2O. The van der Waals surface area contributed by atoms with Crippen molar-refractivity contribution in [2.75, 3.05) is 0 Å². The van der Waals surface area contributed by atoms with Crippen LogP contribution in [0.25, 0.3) is 5.69 Å². The molecule has 15 heavy (non-hydrogen) atoms. The predicted octanol–water partition coefficient (Wildman–Crippen LogP) is 2.70. The number of hydrogen-bond donors (Lipinski definition) is 1. The summed E-state index contributed by atoms with van der Waals surface area (Å²) in [6.07, 6.45) is 1.49. The molecule has 2 aromatic rings. The molecule has 0 unspecified atom stereocenters. The highest BCUT2D eigenvalue weighted by Gasteiger charge is 2.14. The molecule has 0 aliphatic heterocycles.